The summed E-state index contributed by atoms with van der Waals surface area (Å²) in [6, 6.07) is 3.95. The zero-order valence-corrected chi connectivity index (χ0v) is 20.0. The van der Waals surface area contributed by atoms with Gasteiger partial charge in [-0.3, -0.25) is 9.68 Å². The van der Waals surface area contributed by atoms with Crippen molar-refractivity contribution < 1.29 is 27.2 Å². The van der Waals surface area contributed by atoms with Gasteiger partial charge in [0.05, 0.1) is 37.5 Å². The Bertz CT molecular complexity index is 781. The number of halogens is 1. The molecule has 0 saturated heterocycles. The van der Waals surface area contributed by atoms with Crippen molar-refractivity contribution >= 4 is 15.7 Å². The molecular weight excluding hydrogens is 425 g/mol. The van der Waals surface area contributed by atoms with Crippen LogP contribution in [0.5, 0.6) is 0 Å². The number of benzene rings is 1. The molecule has 10 heteroatoms. The van der Waals surface area contributed by atoms with Crippen LogP contribution in [0.3, 0.4) is 0 Å². The van der Waals surface area contributed by atoms with Gasteiger partial charge in [-0.15, -0.1) is 0 Å². The van der Waals surface area contributed by atoms with Crippen LogP contribution >= 0.6 is 0 Å². The standard InChI is InChI=1S/C21H36FN3O5S/c1-23(2)21-13-12-19(16-20(21)22)31(26,27)24(3)17-8-10-18(11-9-17)30-15-7-6-14-25(28-4)29-5/h12-13,16-18H,6-11,14-15H2,1-5H3. The van der Waals surface area contributed by atoms with E-state index in [4.69, 9.17) is 14.4 Å². The van der Waals surface area contributed by atoms with Crippen LogP contribution in [-0.2, 0) is 24.4 Å². The lowest BCUT2D eigenvalue weighted by Crippen LogP contribution is -2.40. The fourth-order valence-electron chi connectivity index (χ4n) is 3.80. The molecule has 1 aromatic carbocycles. The molecule has 0 spiro atoms. The Labute approximate surface area is 185 Å². The zero-order chi connectivity index (χ0) is 23.0. The highest BCUT2D eigenvalue weighted by Crippen LogP contribution is 2.29. The van der Waals surface area contributed by atoms with E-state index >= 15 is 0 Å². The Morgan fingerprint density at radius 2 is 1.68 bits per heavy atom. The number of sulfonamides is 1. The summed E-state index contributed by atoms with van der Waals surface area (Å²) in [6.07, 6.45) is 4.99. The van der Waals surface area contributed by atoms with E-state index in [2.05, 4.69) is 0 Å². The fourth-order valence-corrected chi connectivity index (χ4v) is 5.23. The number of hydroxylamine groups is 2. The third-order valence-corrected chi connectivity index (χ3v) is 7.64. The summed E-state index contributed by atoms with van der Waals surface area (Å²) in [4.78, 5) is 11.6. The third kappa shape index (κ3) is 7.10. The van der Waals surface area contributed by atoms with Crippen LogP contribution in [0.25, 0.3) is 0 Å². The topological polar surface area (TPSA) is 71.6 Å². The van der Waals surface area contributed by atoms with Crippen molar-refractivity contribution in [3.05, 3.63) is 24.0 Å². The van der Waals surface area contributed by atoms with Crippen molar-refractivity contribution in [3.63, 3.8) is 0 Å². The number of hydrogen-bond donors (Lipinski definition) is 0. The van der Waals surface area contributed by atoms with E-state index in [0.717, 1.165) is 44.6 Å². The van der Waals surface area contributed by atoms with Gasteiger partial charge in [-0.1, -0.05) is 5.23 Å². The summed E-state index contributed by atoms with van der Waals surface area (Å²) in [6.45, 7) is 1.32. The molecular formula is C21H36FN3O5S. The molecule has 1 saturated carbocycles. The molecule has 178 valence electrons. The molecule has 0 atom stereocenters. The van der Waals surface area contributed by atoms with Gasteiger partial charge in [-0.25, -0.2) is 12.8 Å². The number of unbranched alkanes of at least 4 members (excludes halogenated alkanes) is 1. The highest BCUT2D eigenvalue weighted by Gasteiger charge is 2.32. The summed E-state index contributed by atoms with van der Waals surface area (Å²) in [7, 11) is 4.38. The monoisotopic (exact) mass is 461 g/mol. The molecule has 31 heavy (non-hydrogen) atoms. The SMILES string of the molecule is CON(CCCCOC1CCC(N(C)S(=O)(=O)c2ccc(N(C)C)c(F)c2)CC1)OC. The second kappa shape index (κ2) is 12.1. The van der Waals surface area contributed by atoms with Gasteiger partial charge in [0.1, 0.15) is 5.82 Å². The van der Waals surface area contributed by atoms with Crippen molar-refractivity contribution in [1.82, 2.24) is 9.53 Å². The van der Waals surface area contributed by atoms with E-state index in [1.165, 1.54) is 21.7 Å². The second-order valence-electron chi connectivity index (χ2n) is 7.96. The third-order valence-electron chi connectivity index (χ3n) is 5.73. The Kier molecular flexibility index (Phi) is 10.1. The minimum Gasteiger partial charge on any atom is -0.378 e. The van der Waals surface area contributed by atoms with Crippen LogP contribution in [-0.4, -0.2) is 78.6 Å². The predicted octanol–water partition coefficient (Wildman–Crippen LogP) is 3.05. The molecule has 0 unspecified atom stereocenters. The Morgan fingerprint density at radius 1 is 1.03 bits per heavy atom. The first kappa shape index (κ1) is 26.0. The molecule has 1 aliphatic carbocycles. The summed E-state index contributed by atoms with van der Waals surface area (Å²) in [5, 5.41) is 1.42. The van der Waals surface area contributed by atoms with Gasteiger partial charge in [0.15, 0.2) is 0 Å². The average Bonchev–Trinajstić information content (AvgIpc) is 2.75. The zero-order valence-electron chi connectivity index (χ0n) is 19.2. The summed E-state index contributed by atoms with van der Waals surface area (Å²) in [5.74, 6) is -0.546. The maximum absolute atomic E-state index is 14.3. The van der Waals surface area contributed by atoms with E-state index in [1.54, 1.807) is 40.3 Å². The Morgan fingerprint density at radius 3 is 2.23 bits per heavy atom. The molecule has 0 radical (unpaired) electrons. The Hall–Kier alpha value is -1.30. The summed E-state index contributed by atoms with van der Waals surface area (Å²) < 4.78 is 47.6. The normalized spacial score (nSPS) is 19.9. The van der Waals surface area contributed by atoms with Crippen LogP contribution in [0, 0.1) is 5.82 Å². The highest BCUT2D eigenvalue weighted by molar-refractivity contribution is 7.89. The number of nitrogens with zero attached hydrogens (tertiary/aromatic N) is 3. The van der Waals surface area contributed by atoms with Crippen LogP contribution in [0.2, 0.25) is 0 Å². The lowest BCUT2D eigenvalue weighted by molar-refractivity contribution is -0.342. The van der Waals surface area contributed by atoms with Crippen LogP contribution in [0.1, 0.15) is 38.5 Å². The van der Waals surface area contributed by atoms with Crippen molar-refractivity contribution in [2.45, 2.75) is 55.6 Å². The number of anilines is 1. The molecule has 0 amide bonds. The highest BCUT2D eigenvalue weighted by atomic mass is 32.2. The number of ether oxygens (including phenoxy) is 1. The van der Waals surface area contributed by atoms with E-state index in [1.807, 2.05) is 0 Å². The number of rotatable bonds is 12. The van der Waals surface area contributed by atoms with Crippen molar-refractivity contribution in [1.29, 1.82) is 0 Å². The van der Waals surface area contributed by atoms with Gasteiger partial charge in [0, 0.05) is 33.8 Å². The first-order valence-electron chi connectivity index (χ1n) is 10.6. The summed E-state index contributed by atoms with van der Waals surface area (Å²) >= 11 is 0. The lowest BCUT2D eigenvalue weighted by atomic mass is 9.93. The maximum Gasteiger partial charge on any atom is 0.243 e. The van der Waals surface area contributed by atoms with Gasteiger partial charge in [0.25, 0.3) is 0 Å². The smallest absolute Gasteiger partial charge is 0.243 e. The first-order valence-corrected chi connectivity index (χ1v) is 12.1. The Balaban J connectivity index is 1.82. The van der Waals surface area contributed by atoms with Gasteiger partial charge >= 0.3 is 0 Å². The van der Waals surface area contributed by atoms with Gasteiger partial charge < -0.3 is 9.64 Å². The van der Waals surface area contributed by atoms with Crippen LogP contribution in [0.15, 0.2) is 23.1 Å². The van der Waals surface area contributed by atoms with E-state index in [-0.39, 0.29) is 17.0 Å². The molecule has 1 fully saturated rings. The first-order chi connectivity index (χ1) is 14.7. The van der Waals surface area contributed by atoms with Crippen molar-refractivity contribution in [2.24, 2.45) is 0 Å². The van der Waals surface area contributed by atoms with Gasteiger partial charge in [-0.05, 0) is 56.7 Å². The number of hydrogen-bond acceptors (Lipinski definition) is 7. The molecule has 0 aromatic heterocycles. The predicted molar refractivity (Wildman–Crippen MR) is 118 cm³/mol. The molecule has 1 aliphatic rings. The van der Waals surface area contributed by atoms with Crippen molar-refractivity contribution in [3.8, 4) is 0 Å². The van der Waals surface area contributed by atoms with Crippen LogP contribution < -0.4 is 4.90 Å². The van der Waals surface area contributed by atoms with E-state index < -0.39 is 15.8 Å². The molecule has 8 nitrogen and oxygen atoms in total. The molecule has 0 N–H and O–H groups in total. The second-order valence-corrected chi connectivity index (χ2v) is 9.96. The minimum absolute atomic E-state index is 0.0161. The lowest BCUT2D eigenvalue weighted by Gasteiger charge is -2.34. The molecule has 1 aromatic rings. The fraction of sp³-hybridized carbons (Fsp3) is 0.714. The quantitative estimate of drug-likeness (QED) is 0.350. The van der Waals surface area contributed by atoms with E-state index in [0.29, 0.717) is 18.8 Å². The largest absolute Gasteiger partial charge is 0.378 e. The van der Waals surface area contributed by atoms with Gasteiger partial charge in [-0.2, -0.15) is 4.31 Å². The van der Waals surface area contributed by atoms with Crippen LogP contribution in [0.4, 0.5) is 10.1 Å². The minimum atomic E-state index is -3.75. The van der Waals surface area contributed by atoms with E-state index in [9.17, 15) is 12.8 Å². The molecule has 0 aliphatic heterocycles. The average molecular weight is 462 g/mol. The molecule has 0 heterocycles. The maximum atomic E-state index is 14.3. The molecule has 2 rings (SSSR count). The summed E-state index contributed by atoms with van der Waals surface area (Å²) in [5.41, 5.74) is 0.358. The van der Waals surface area contributed by atoms with Gasteiger partial charge in [0.2, 0.25) is 10.0 Å². The molecule has 0 bridgehead atoms. The van der Waals surface area contributed by atoms with Crippen molar-refractivity contribution in [2.75, 3.05) is 53.4 Å².